The van der Waals surface area contributed by atoms with Crippen LogP contribution in [0.2, 0.25) is 5.02 Å². The highest BCUT2D eigenvalue weighted by atomic mass is 35.5. The summed E-state index contributed by atoms with van der Waals surface area (Å²) < 4.78 is 33.6. The molecule has 1 aliphatic carbocycles. The minimum Gasteiger partial charge on any atom is -0.471 e. The van der Waals surface area contributed by atoms with Crippen molar-refractivity contribution < 1.29 is 23.4 Å². The molecule has 0 radical (unpaired) electrons. The topological polar surface area (TPSA) is 107 Å². The van der Waals surface area contributed by atoms with E-state index in [9.17, 15) is 23.5 Å². The number of carbonyl (C=O) groups excluding carboxylic acids is 1. The van der Waals surface area contributed by atoms with Crippen molar-refractivity contribution in [1.82, 2.24) is 9.55 Å². The van der Waals surface area contributed by atoms with Crippen LogP contribution in [-0.4, -0.2) is 27.2 Å². The van der Waals surface area contributed by atoms with E-state index in [2.05, 4.69) is 4.98 Å². The number of allylic oxidation sites excluding steroid dienone is 3. The van der Waals surface area contributed by atoms with Gasteiger partial charge in [0.25, 0.3) is 5.56 Å². The second-order valence-corrected chi connectivity index (χ2v) is 7.95. The number of nitrogens with zero attached hydrogens (tertiary/aromatic N) is 2. The first-order valence-electron chi connectivity index (χ1n) is 9.75. The quantitative estimate of drug-likeness (QED) is 0.653. The largest absolute Gasteiger partial charge is 0.471 e. The van der Waals surface area contributed by atoms with Crippen molar-refractivity contribution >= 4 is 23.2 Å². The average Bonchev–Trinajstić information content (AvgIpc) is 2.73. The van der Waals surface area contributed by atoms with E-state index in [0.29, 0.717) is 11.3 Å². The lowest BCUT2D eigenvalue weighted by Crippen LogP contribution is -2.39. The first-order valence-corrected chi connectivity index (χ1v) is 10.1. The standard InChI is InChI=1S/C22H22ClF2N3O4/c1-12-5-6-22(7-8-29,21(26)31)10-17(12)28-13(2)27-19(18(23)20(28)30)32-11-14-3-4-15(24)9-16(14)25/h3-6,9,29H,7-8,10-11H2,1-2H3,(H2,26,31). The molecule has 7 nitrogen and oxygen atoms in total. The van der Waals surface area contributed by atoms with Gasteiger partial charge >= 0.3 is 0 Å². The van der Waals surface area contributed by atoms with Crippen LogP contribution in [0.5, 0.6) is 5.88 Å². The monoisotopic (exact) mass is 465 g/mol. The van der Waals surface area contributed by atoms with Crippen molar-refractivity contribution in [3.63, 3.8) is 0 Å². The Bertz CT molecular complexity index is 1190. The summed E-state index contributed by atoms with van der Waals surface area (Å²) in [7, 11) is 0. The number of aromatic nitrogens is 2. The van der Waals surface area contributed by atoms with E-state index in [1.165, 1.54) is 10.6 Å². The number of hydrogen-bond acceptors (Lipinski definition) is 5. The molecule has 0 bridgehead atoms. The summed E-state index contributed by atoms with van der Waals surface area (Å²) in [5, 5.41) is 9.08. The Morgan fingerprint density at radius 3 is 2.72 bits per heavy atom. The number of ether oxygens (including phenoxy) is 1. The maximum absolute atomic E-state index is 13.9. The van der Waals surface area contributed by atoms with Crippen LogP contribution in [0.3, 0.4) is 0 Å². The molecule has 1 atom stereocenters. The van der Waals surface area contributed by atoms with Gasteiger partial charge in [-0.05, 0) is 38.0 Å². The van der Waals surface area contributed by atoms with Gasteiger partial charge in [0.05, 0.1) is 5.41 Å². The molecule has 10 heteroatoms. The second-order valence-electron chi connectivity index (χ2n) is 7.58. The zero-order valence-electron chi connectivity index (χ0n) is 17.5. The van der Waals surface area contributed by atoms with Crippen molar-refractivity contribution in [2.24, 2.45) is 11.1 Å². The lowest BCUT2D eigenvalue weighted by molar-refractivity contribution is -0.125. The van der Waals surface area contributed by atoms with E-state index in [1.54, 1.807) is 26.0 Å². The first-order chi connectivity index (χ1) is 15.1. The number of amides is 1. The number of aliphatic hydroxyl groups excluding tert-OH is 1. The molecule has 1 unspecified atom stereocenters. The average molecular weight is 466 g/mol. The van der Waals surface area contributed by atoms with Gasteiger partial charge in [-0.2, -0.15) is 4.98 Å². The van der Waals surface area contributed by atoms with Gasteiger partial charge in [0.1, 0.15) is 24.1 Å². The fraction of sp³-hybridized carbons (Fsp3) is 0.318. The first kappa shape index (κ1) is 23.6. The zero-order valence-corrected chi connectivity index (χ0v) is 18.2. The molecular weight excluding hydrogens is 444 g/mol. The van der Waals surface area contributed by atoms with Gasteiger partial charge in [0, 0.05) is 30.4 Å². The van der Waals surface area contributed by atoms with Gasteiger partial charge in [-0.1, -0.05) is 23.8 Å². The minimum absolute atomic E-state index is 0.0670. The Balaban J connectivity index is 1.97. The third kappa shape index (κ3) is 4.44. The van der Waals surface area contributed by atoms with Crippen molar-refractivity contribution in [2.75, 3.05) is 6.61 Å². The number of carbonyl (C=O) groups is 1. The van der Waals surface area contributed by atoms with E-state index in [0.717, 1.165) is 12.1 Å². The smallest absolute Gasteiger partial charge is 0.280 e. The number of aliphatic hydroxyl groups is 1. The molecule has 1 aromatic heterocycles. The molecule has 1 amide bonds. The lowest BCUT2D eigenvalue weighted by Gasteiger charge is -2.32. The normalized spacial score (nSPS) is 18.2. The Morgan fingerprint density at radius 2 is 2.09 bits per heavy atom. The summed E-state index contributed by atoms with van der Waals surface area (Å²) in [5.74, 6) is -2.12. The minimum atomic E-state index is -1.16. The second kappa shape index (κ2) is 9.22. The Kier molecular flexibility index (Phi) is 6.80. The van der Waals surface area contributed by atoms with E-state index < -0.39 is 28.5 Å². The third-order valence-electron chi connectivity index (χ3n) is 5.45. The molecule has 0 aliphatic heterocycles. The molecule has 0 spiro atoms. The molecule has 0 saturated carbocycles. The molecule has 0 fully saturated rings. The molecule has 2 aromatic rings. The number of primary amides is 1. The fourth-order valence-electron chi connectivity index (χ4n) is 3.58. The predicted molar refractivity (Wildman–Crippen MR) is 115 cm³/mol. The van der Waals surface area contributed by atoms with Crippen LogP contribution in [0.1, 0.15) is 31.2 Å². The third-order valence-corrected chi connectivity index (χ3v) is 5.78. The van der Waals surface area contributed by atoms with E-state index in [-0.39, 0.29) is 48.3 Å². The highest BCUT2D eigenvalue weighted by Gasteiger charge is 2.38. The maximum atomic E-state index is 13.9. The summed E-state index contributed by atoms with van der Waals surface area (Å²) in [6, 6.07) is 3.03. The van der Waals surface area contributed by atoms with Gasteiger partial charge in [0.15, 0.2) is 5.02 Å². The number of hydrogen-bond donors (Lipinski definition) is 2. The molecule has 1 aromatic carbocycles. The molecule has 170 valence electrons. The summed E-state index contributed by atoms with van der Waals surface area (Å²) >= 11 is 6.22. The van der Waals surface area contributed by atoms with Crippen LogP contribution >= 0.6 is 11.6 Å². The molecule has 3 N–H and O–H groups in total. The Hall–Kier alpha value is -3.04. The van der Waals surface area contributed by atoms with E-state index >= 15 is 0 Å². The summed E-state index contributed by atoms with van der Waals surface area (Å²) in [6.07, 6.45) is 3.47. The van der Waals surface area contributed by atoms with Gasteiger partial charge in [-0.3, -0.25) is 14.2 Å². The summed E-state index contributed by atoms with van der Waals surface area (Å²) in [5.41, 5.74) is 5.03. The number of aryl methyl sites for hydroxylation is 1. The molecule has 1 heterocycles. The van der Waals surface area contributed by atoms with Crippen LogP contribution < -0.4 is 16.0 Å². The van der Waals surface area contributed by atoms with Gasteiger partial charge < -0.3 is 15.6 Å². The van der Waals surface area contributed by atoms with E-state index in [4.69, 9.17) is 22.1 Å². The lowest BCUT2D eigenvalue weighted by atomic mass is 9.75. The van der Waals surface area contributed by atoms with Gasteiger partial charge in [-0.15, -0.1) is 0 Å². The molecule has 0 saturated heterocycles. The SMILES string of the molecule is CC1=C(n2c(C)nc(OCc3ccc(F)cc3F)c(Cl)c2=O)CC(CCO)(C(N)=O)C=C1. The highest BCUT2D eigenvalue weighted by molar-refractivity contribution is 6.31. The van der Waals surface area contributed by atoms with Crippen LogP contribution in [0.25, 0.3) is 5.70 Å². The number of halogens is 3. The van der Waals surface area contributed by atoms with Gasteiger partial charge in [-0.25, -0.2) is 8.78 Å². The van der Waals surface area contributed by atoms with Gasteiger partial charge in [0.2, 0.25) is 11.8 Å². The predicted octanol–water partition coefficient (Wildman–Crippen LogP) is 3.11. The number of rotatable bonds is 7. The summed E-state index contributed by atoms with van der Waals surface area (Å²) in [4.78, 5) is 29.5. The van der Waals surface area contributed by atoms with Crippen molar-refractivity contribution in [1.29, 1.82) is 0 Å². The van der Waals surface area contributed by atoms with Crippen LogP contribution in [0.15, 0.2) is 40.7 Å². The van der Waals surface area contributed by atoms with Crippen molar-refractivity contribution in [2.45, 2.75) is 33.3 Å². The van der Waals surface area contributed by atoms with Crippen LogP contribution in [-0.2, 0) is 11.4 Å². The molecule has 3 rings (SSSR count). The zero-order chi connectivity index (χ0) is 23.6. The number of benzene rings is 1. The van der Waals surface area contributed by atoms with Crippen molar-refractivity contribution in [3.05, 3.63) is 74.3 Å². The molecular formula is C22H22ClF2N3O4. The summed E-state index contributed by atoms with van der Waals surface area (Å²) in [6.45, 7) is 2.74. The fourth-order valence-corrected chi connectivity index (χ4v) is 3.76. The highest BCUT2D eigenvalue weighted by Crippen LogP contribution is 2.39. The van der Waals surface area contributed by atoms with Crippen LogP contribution in [0, 0.1) is 24.0 Å². The van der Waals surface area contributed by atoms with Crippen molar-refractivity contribution in [3.8, 4) is 5.88 Å². The molecule has 32 heavy (non-hydrogen) atoms. The Labute approximate surface area is 187 Å². The van der Waals surface area contributed by atoms with Crippen LogP contribution in [0.4, 0.5) is 8.78 Å². The van der Waals surface area contributed by atoms with E-state index in [1.807, 2.05) is 0 Å². The number of nitrogens with two attached hydrogens (primary N) is 1. The Morgan fingerprint density at radius 1 is 1.38 bits per heavy atom. The maximum Gasteiger partial charge on any atom is 0.280 e. The molecule has 1 aliphatic rings.